The third-order valence-corrected chi connectivity index (χ3v) is 3.86. The third kappa shape index (κ3) is 2.24. The molecule has 1 aromatic carbocycles. The van der Waals surface area contributed by atoms with Crippen LogP contribution in [0.2, 0.25) is 0 Å². The van der Waals surface area contributed by atoms with Crippen molar-refractivity contribution in [3.8, 4) is 0 Å². The van der Waals surface area contributed by atoms with Crippen LogP contribution < -0.4 is 0 Å². The third-order valence-electron chi connectivity index (χ3n) is 3.86. The second-order valence-corrected chi connectivity index (χ2v) is 5.10. The molecule has 3 rings (SSSR count). The molecule has 0 spiro atoms. The molecule has 0 aliphatic carbocycles. The van der Waals surface area contributed by atoms with Crippen molar-refractivity contribution in [1.29, 1.82) is 0 Å². The minimum atomic E-state index is -0.946. The highest BCUT2D eigenvalue weighted by atomic mass is 16.4. The summed E-state index contributed by atoms with van der Waals surface area (Å²) in [7, 11) is 0. The van der Waals surface area contributed by atoms with Crippen LogP contribution in [0.25, 0.3) is 11.0 Å². The number of aromatic nitrogens is 3. The second kappa shape index (κ2) is 5.16. The Morgan fingerprint density at radius 3 is 2.95 bits per heavy atom. The highest BCUT2D eigenvalue weighted by Gasteiger charge is 2.34. The molecule has 0 bridgehead atoms. The molecule has 1 unspecified atom stereocenters. The lowest BCUT2D eigenvalue weighted by atomic mass is 10.1. The zero-order valence-corrected chi connectivity index (χ0v) is 11.7. The average molecular weight is 288 g/mol. The van der Waals surface area contributed by atoms with Crippen LogP contribution in [-0.2, 0) is 11.3 Å². The number of carbonyl (C=O) groups is 2. The number of likely N-dealkylation sites (tertiary alicyclic amines) is 1. The molecular formula is C14H16N4O3. The van der Waals surface area contributed by atoms with Gasteiger partial charge in [0.2, 0.25) is 0 Å². The number of carbonyl (C=O) groups excluding carboxylic acids is 1. The van der Waals surface area contributed by atoms with E-state index in [9.17, 15) is 9.59 Å². The molecule has 1 amide bonds. The molecule has 1 aliphatic heterocycles. The molecule has 0 radical (unpaired) electrons. The van der Waals surface area contributed by atoms with Crippen molar-refractivity contribution >= 4 is 22.9 Å². The first-order valence-corrected chi connectivity index (χ1v) is 6.99. The largest absolute Gasteiger partial charge is 0.480 e. The van der Waals surface area contributed by atoms with Gasteiger partial charge < -0.3 is 10.0 Å². The maximum Gasteiger partial charge on any atom is 0.326 e. The lowest BCUT2D eigenvalue weighted by molar-refractivity contribution is -0.141. The number of hydrogen-bond donors (Lipinski definition) is 1. The molecule has 1 aliphatic rings. The maximum absolute atomic E-state index is 12.5. The van der Waals surface area contributed by atoms with Gasteiger partial charge in [0.25, 0.3) is 5.91 Å². The van der Waals surface area contributed by atoms with E-state index >= 15 is 0 Å². The number of rotatable bonds is 3. The zero-order valence-electron chi connectivity index (χ0n) is 11.7. The first kappa shape index (κ1) is 13.5. The molecule has 1 fully saturated rings. The summed E-state index contributed by atoms with van der Waals surface area (Å²) in [6, 6.07) is 4.46. The Hall–Kier alpha value is -2.44. The van der Waals surface area contributed by atoms with Gasteiger partial charge in [0.15, 0.2) is 0 Å². The van der Waals surface area contributed by atoms with Crippen molar-refractivity contribution in [2.45, 2.75) is 32.4 Å². The van der Waals surface area contributed by atoms with Gasteiger partial charge in [0.05, 0.1) is 5.52 Å². The quantitative estimate of drug-likeness (QED) is 0.915. The van der Waals surface area contributed by atoms with Crippen molar-refractivity contribution in [1.82, 2.24) is 19.9 Å². The number of hydrogen-bond acceptors (Lipinski definition) is 4. The van der Waals surface area contributed by atoms with Crippen molar-refractivity contribution < 1.29 is 14.7 Å². The molecular weight excluding hydrogens is 272 g/mol. The average Bonchev–Trinajstić information content (AvgIpc) is 3.12. The smallest absolute Gasteiger partial charge is 0.326 e. The fraction of sp³-hybridized carbons (Fsp3) is 0.429. The van der Waals surface area contributed by atoms with E-state index in [-0.39, 0.29) is 5.91 Å². The predicted molar refractivity (Wildman–Crippen MR) is 74.9 cm³/mol. The minimum absolute atomic E-state index is 0.257. The molecule has 2 aromatic rings. The molecule has 7 nitrogen and oxygen atoms in total. The van der Waals surface area contributed by atoms with Gasteiger partial charge in [-0.25, -0.2) is 9.48 Å². The van der Waals surface area contributed by atoms with Crippen LogP contribution in [0.5, 0.6) is 0 Å². The van der Waals surface area contributed by atoms with E-state index in [1.165, 1.54) is 4.90 Å². The van der Waals surface area contributed by atoms with E-state index in [0.717, 1.165) is 11.9 Å². The van der Waals surface area contributed by atoms with Crippen molar-refractivity contribution in [2.75, 3.05) is 6.54 Å². The Kier molecular flexibility index (Phi) is 3.32. The van der Waals surface area contributed by atoms with E-state index < -0.39 is 12.0 Å². The van der Waals surface area contributed by atoms with Gasteiger partial charge in [-0.15, -0.1) is 5.10 Å². The molecule has 1 aromatic heterocycles. The van der Waals surface area contributed by atoms with Crippen molar-refractivity contribution in [3.63, 3.8) is 0 Å². The topological polar surface area (TPSA) is 88.3 Å². The summed E-state index contributed by atoms with van der Waals surface area (Å²) in [4.78, 5) is 25.1. The summed E-state index contributed by atoms with van der Waals surface area (Å²) in [5, 5.41) is 17.2. The number of benzene rings is 1. The number of aliphatic carboxylic acids is 1. The molecule has 0 saturated carbocycles. The van der Waals surface area contributed by atoms with Crippen LogP contribution in [0.15, 0.2) is 18.2 Å². The summed E-state index contributed by atoms with van der Waals surface area (Å²) >= 11 is 0. The number of carboxylic acid groups (broad SMARTS) is 1. The minimum Gasteiger partial charge on any atom is -0.480 e. The van der Waals surface area contributed by atoms with Crippen LogP contribution >= 0.6 is 0 Å². The Bertz CT molecular complexity index is 709. The summed E-state index contributed by atoms with van der Waals surface area (Å²) in [5.74, 6) is -1.20. The highest BCUT2D eigenvalue weighted by Crippen LogP contribution is 2.22. The van der Waals surface area contributed by atoms with Gasteiger partial charge >= 0.3 is 5.97 Å². The summed E-state index contributed by atoms with van der Waals surface area (Å²) < 4.78 is 1.75. The molecule has 1 atom stereocenters. The van der Waals surface area contributed by atoms with Crippen LogP contribution in [0.3, 0.4) is 0 Å². The Morgan fingerprint density at radius 1 is 1.43 bits per heavy atom. The maximum atomic E-state index is 12.5. The molecule has 21 heavy (non-hydrogen) atoms. The first-order valence-electron chi connectivity index (χ1n) is 6.99. The van der Waals surface area contributed by atoms with Gasteiger partial charge in [-0.3, -0.25) is 4.79 Å². The molecule has 2 heterocycles. The van der Waals surface area contributed by atoms with Gasteiger partial charge in [0, 0.05) is 18.7 Å². The van der Waals surface area contributed by atoms with E-state index in [1.807, 2.05) is 6.92 Å². The van der Waals surface area contributed by atoms with Crippen LogP contribution in [0, 0.1) is 0 Å². The molecule has 1 saturated heterocycles. The monoisotopic (exact) mass is 288 g/mol. The van der Waals surface area contributed by atoms with E-state index in [0.29, 0.717) is 30.6 Å². The standard InChI is InChI=1S/C14H16N4O3/c1-2-18-11-6-5-9(8-10(11)15-16-18)13(19)17-7-3-4-12(17)14(20)21/h5-6,8,12H,2-4,7H2,1H3,(H,20,21). The lowest BCUT2D eigenvalue weighted by Crippen LogP contribution is -2.40. The van der Waals surface area contributed by atoms with Crippen molar-refractivity contribution in [2.24, 2.45) is 0 Å². The molecule has 110 valence electrons. The number of amides is 1. The summed E-state index contributed by atoms with van der Waals surface area (Å²) in [6.45, 7) is 3.15. The van der Waals surface area contributed by atoms with Gasteiger partial charge in [-0.05, 0) is 38.0 Å². The number of carboxylic acids is 1. The predicted octanol–water partition coefficient (Wildman–Crippen LogP) is 1.14. The normalized spacial score (nSPS) is 18.3. The fourth-order valence-electron chi connectivity index (χ4n) is 2.77. The van der Waals surface area contributed by atoms with Gasteiger partial charge in [-0.2, -0.15) is 0 Å². The van der Waals surface area contributed by atoms with Crippen LogP contribution in [0.1, 0.15) is 30.1 Å². The number of fused-ring (bicyclic) bond motifs is 1. The zero-order chi connectivity index (χ0) is 15.0. The van der Waals surface area contributed by atoms with Crippen molar-refractivity contribution in [3.05, 3.63) is 23.8 Å². The Labute approximate surface area is 121 Å². The SMILES string of the molecule is CCn1nnc2cc(C(=O)N3CCCC3C(=O)O)ccc21. The second-order valence-electron chi connectivity index (χ2n) is 5.10. The van der Waals surface area contributed by atoms with Gasteiger partial charge in [-0.1, -0.05) is 5.21 Å². The number of nitrogens with zero attached hydrogens (tertiary/aromatic N) is 4. The number of aryl methyl sites for hydroxylation is 1. The highest BCUT2D eigenvalue weighted by molar-refractivity contribution is 5.99. The Balaban J connectivity index is 1.93. The van der Waals surface area contributed by atoms with E-state index in [2.05, 4.69) is 10.3 Å². The fourth-order valence-corrected chi connectivity index (χ4v) is 2.77. The first-order chi connectivity index (χ1) is 10.1. The molecule has 1 N–H and O–H groups in total. The van der Waals surface area contributed by atoms with E-state index in [1.54, 1.807) is 22.9 Å². The van der Waals surface area contributed by atoms with Crippen LogP contribution in [-0.4, -0.2) is 49.5 Å². The Morgan fingerprint density at radius 2 is 2.24 bits per heavy atom. The summed E-state index contributed by atoms with van der Waals surface area (Å²) in [5.41, 5.74) is 1.97. The van der Waals surface area contributed by atoms with Crippen LogP contribution in [0.4, 0.5) is 0 Å². The lowest BCUT2D eigenvalue weighted by Gasteiger charge is -2.21. The van der Waals surface area contributed by atoms with E-state index in [4.69, 9.17) is 5.11 Å². The summed E-state index contributed by atoms with van der Waals surface area (Å²) in [6.07, 6.45) is 1.23. The van der Waals surface area contributed by atoms with Gasteiger partial charge in [0.1, 0.15) is 11.6 Å². The molecule has 7 heteroatoms.